The second kappa shape index (κ2) is 11.8. The van der Waals surface area contributed by atoms with Crippen molar-refractivity contribution in [3.05, 3.63) is 76.2 Å². The molecular formula is C24H26ClNO6S. The zero-order chi connectivity index (χ0) is 23.8. The molecule has 1 atom stereocenters. The lowest BCUT2D eigenvalue weighted by atomic mass is 10.1. The second-order valence-electron chi connectivity index (χ2n) is 7.09. The number of carbonyl (C=O) groups excluding carboxylic acids is 1. The maximum Gasteiger partial charge on any atom is 0.287 e. The van der Waals surface area contributed by atoms with Gasteiger partial charge >= 0.3 is 0 Å². The van der Waals surface area contributed by atoms with Gasteiger partial charge in [-0.25, -0.2) is 0 Å². The predicted octanol–water partition coefficient (Wildman–Crippen LogP) is 4.38. The van der Waals surface area contributed by atoms with Crippen molar-refractivity contribution in [2.45, 2.75) is 17.9 Å². The molecule has 7 nitrogen and oxygen atoms in total. The molecular weight excluding hydrogens is 466 g/mol. The minimum atomic E-state index is -1.22. The number of ether oxygens (including phenoxy) is 3. The fourth-order valence-corrected chi connectivity index (χ4v) is 4.79. The molecule has 0 aliphatic rings. The topological polar surface area (TPSA) is 87.0 Å². The Hall–Kier alpha value is -2.97. The Morgan fingerprint density at radius 3 is 2.39 bits per heavy atom. The van der Waals surface area contributed by atoms with E-state index < -0.39 is 10.8 Å². The first-order chi connectivity index (χ1) is 16.0. The van der Waals surface area contributed by atoms with E-state index in [2.05, 4.69) is 5.32 Å². The number of hydrogen-bond donors (Lipinski definition) is 1. The van der Waals surface area contributed by atoms with Crippen LogP contribution in [-0.2, 0) is 28.7 Å². The Kier molecular flexibility index (Phi) is 8.79. The summed E-state index contributed by atoms with van der Waals surface area (Å²) in [6.07, 6.45) is 0.519. The highest BCUT2D eigenvalue weighted by atomic mass is 35.5. The summed E-state index contributed by atoms with van der Waals surface area (Å²) in [6, 6.07) is 14.2. The van der Waals surface area contributed by atoms with Crippen LogP contribution in [-0.4, -0.2) is 38.0 Å². The molecule has 1 heterocycles. The Balaban J connectivity index is 1.55. The average molecular weight is 492 g/mol. The smallest absolute Gasteiger partial charge is 0.287 e. The summed E-state index contributed by atoms with van der Waals surface area (Å²) in [5.41, 5.74) is 1.68. The molecule has 9 heteroatoms. The maximum atomic E-state index is 12.5. The van der Waals surface area contributed by atoms with Gasteiger partial charge in [0.15, 0.2) is 17.3 Å². The Morgan fingerprint density at radius 1 is 0.939 bits per heavy atom. The van der Waals surface area contributed by atoms with Gasteiger partial charge in [0.25, 0.3) is 5.91 Å². The molecule has 0 aliphatic heterocycles. The first-order valence-electron chi connectivity index (χ1n) is 10.2. The van der Waals surface area contributed by atoms with Crippen molar-refractivity contribution in [3.63, 3.8) is 0 Å². The van der Waals surface area contributed by atoms with Crippen molar-refractivity contribution in [2.75, 3.05) is 27.9 Å². The molecule has 0 saturated carbocycles. The highest BCUT2D eigenvalue weighted by molar-refractivity contribution is 7.83. The van der Waals surface area contributed by atoms with Crippen molar-refractivity contribution < 1.29 is 27.6 Å². The van der Waals surface area contributed by atoms with Gasteiger partial charge in [-0.05, 0) is 36.2 Å². The molecule has 176 valence electrons. The zero-order valence-electron chi connectivity index (χ0n) is 18.7. The third-order valence-electron chi connectivity index (χ3n) is 4.93. The van der Waals surface area contributed by atoms with E-state index in [1.165, 1.54) is 0 Å². The van der Waals surface area contributed by atoms with Gasteiger partial charge in [-0.3, -0.25) is 9.00 Å². The number of carbonyl (C=O) groups is 1. The summed E-state index contributed by atoms with van der Waals surface area (Å²) in [6.45, 7) is 0.360. The zero-order valence-corrected chi connectivity index (χ0v) is 20.3. The molecule has 33 heavy (non-hydrogen) atoms. The molecule has 0 radical (unpaired) electrons. The number of halogens is 1. The van der Waals surface area contributed by atoms with Crippen LogP contribution in [0, 0.1) is 0 Å². The molecule has 0 unspecified atom stereocenters. The number of amides is 1. The van der Waals surface area contributed by atoms with E-state index in [4.69, 9.17) is 30.2 Å². The normalized spacial score (nSPS) is 11.6. The van der Waals surface area contributed by atoms with Crippen molar-refractivity contribution in [2.24, 2.45) is 0 Å². The lowest BCUT2D eigenvalue weighted by molar-refractivity contribution is 0.0925. The summed E-state index contributed by atoms with van der Waals surface area (Å²) >= 11 is 6.13. The van der Waals surface area contributed by atoms with Crippen molar-refractivity contribution in [1.82, 2.24) is 5.32 Å². The van der Waals surface area contributed by atoms with Gasteiger partial charge in [-0.2, -0.15) is 0 Å². The molecule has 1 N–H and O–H groups in total. The summed E-state index contributed by atoms with van der Waals surface area (Å²) in [5.74, 6) is 2.44. The number of benzene rings is 2. The Labute approximate surface area is 200 Å². The van der Waals surface area contributed by atoms with Gasteiger partial charge < -0.3 is 23.9 Å². The van der Waals surface area contributed by atoms with E-state index in [0.717, 1.165) is 11.1 Å². The minimum absolute atomic E-state index is 0.166. The summed E-state index contributed by atoms with van der Waals surface area (Å²) in [4.78, 5) is 12.5. The van der Waals surface area contributed by atoms with Crippen LogP contribution in [0.4, 0.5) is 0 Å². The highest BCUT2D eigenvalue weighted by Crippen LogP contribution is 2.39. The predicted molar refractivity (Wildman–Crippen MR) is 128 cm³/mol. The summed E-state index contributed by atoms with van der Waals surface area (Å²) < 4.78 is 34.2. The van der Waals surface area contributed by atoms with Crippen LogP contribution < -0.4 is 19.5 Å². The van der Waals surface area contributed by atoms with Gasteiger partial charge in [0.2, 0.25) is 5.75 Å². The van der Waals surface area contributed by atoms with Gasteiger partial charge in [0.1, 0.15) is 5.76 Å². The fraction of sp³-hybridized carbons (Fsp3) is 0.292. The molecule has 3 rings (SSSR count). The quantitative estimate of drug-likeness (QED) is 0.428. The molecule has 0 saturated heterocycles. The lowest BCUT2D eigenvalue weighted by Gasteiger charge is -2.15. The van der Waals surface area contributed by atoms with Crippen LogP contribution >= 0.6 is 11.6 Å². The Bertz CT molecular complexity index is 1130. The van der Waals surface area contributed by atoms with Crippen LogP contribution in [0.3, 0.4) is 0 Å². The van der Waals surface area contributed by atoms with E-state index in [1.807, 2.05) is 24.3 Å². The largest absolute Gasteiger partial charge is 0.493 e. The molecule has 1 amide bonds. The van der Waals surface area contributed by atoms with Gasteiger partial charge in [0, 0.05) is 27.9 Å². The first-order valence-corrected chi connectivity index (χ1v) is 12.1. The SMILES string of the molecule is COc1ccc(CCNC(=O)c2ccc(C[S@](=O)Cc3ccccc3Cl)o2)c(OC)c1OC. The number of rotatable bonds is 11. The Morgan fingerprint density at radius 2 is 1.70 bits per heavy atom. The van der Waals surface area contributed by atoms with Crippen molar-refractivity contribution in [1.29, 1.82) is 0 Å². The van der Waals surface area contributed by atoms with Crippen LogP contribution in [0.15, 0.2) is 52.9 Å². The van der Waals surface area contributed by atoms with E-state index in [-0.39, 0.29) is 17.4 Å². The maximum absolute atomic E-state index is 12.5. The minimum Gasteiger partial charge on any atom is -0.493 e. The van der Waals surface area contributed by atoms with Crippen LogP contribution in [0.25, 0.3) is 0 Å². The van der Waals surface area contributed by atoms with Crippen LogP contribution in [0.1, 0.15) is 27.4 Å². The van der Waals surface area contributed by atoms with E-state index >= 15 is 0 Å². The van der Waals surface area contributed by atoms with Gasteiger partial charge in [0.05, 0.1) is 32.8 Å². The van der Waals surface area contributed by atoms with E-state index in [9.17, 15) is 9.00 Å². The number of methoxy groups -OCH3 is 3. The van der Waals surface area contributed by atoms with Crippen molar-refractivity contribution >= 4 is 28.3 Å². The molecule has 0 aliphatic carbocycles. The second-order valence-corrected chi connectivity index (χ2v) is 8.95. The molecule has 0 spiro atoms. The molecule has 3 aromatic rings. The molecule has 0 fully saturated rings. The van der Waals surface area contributed by atoms with Gasteiger partial charge in [-0.1, -0.05) is 35.9 Å². The standard InChI is InChI=1S/C24H26ClNO6S/c1-29-20-10-8-16(22(30-2)23(20)31-3)12-13-26-24(27)21-11-9-18(32-21)15-33(28)14-17-6-4-5-7-19(17)25/h4-11H,12-15H2,1-3H3,(H,26,27)/t33-/m1/s1. The number of nitrogens with one attached hydrogen (secondary N) is 1. The third kappa shape index (κ3) is 6.30. The lowest BCUT2D eigenvalue weighted by Crippen LogP contribution is -2.25. The summed E-state index contributed by atoms with van der Waals surface area (Å²) in [7, 11) is 3.44. The van der Waals surface area contributed by atoms with Gasteiger partial charge in [-0.15, -0.1) is 0 Å². The fourth-order valence-electron chi connectivity index (χ4n) is 3.33. The first kappa shape index (κ1) is 24.7. The molecule has 0 bridgehead atoms. The molecule has 1 aromatic heterocycles. The monoisotopic (exact) mass is 491 g/mol. The molecule has 2 aromatic carbocycles. The number of furan rings is 1. The van der Waals surface area contributed by atoms with Crippen molar-refractivity contribution in [3.8, 4) is 17.2 Å². The number of hydrogen-bond acceptors (Lipinski definition) is 6. The summed E-state index contributed by atoms with van der Waals surface area (Å²) in [5, 5.41) is 3.41. The van der Waals surface area contributed by atoms with Crippen LogP contribution in [0.5, 0.6) is 17.2 Å². The van der Waals surface area contributed by atoms with Crippen LogP contribution in [0.2, 0.25) is 5.02 Å². The average Bonchev–Trinajstić information content (AvgIpc) is 3.28. The third-order valence-corrected chi connectivity index (χ3v) is 6.54. The highest BCUT2D eigenvalue weighted by Gasteiger charge is 2.17. The van der Waals surface area contributed by atoms with E-state index in [1.54, 1.807) is 45.6 Å². The van der Waals surface area contributed by atoms with E-state index in [0.29, 0.717) is 46.7 Å².